The summed E-state index contributed by atoms with van der Waals surface area (Å²) >= 11 is 0. The number of hydrogen-bond donors (Lipinski definition) is 15. The molecule has 0 radical (unpaired) electrons. The highest BCUT2D eigenvalue weighted by Crippen LogP contribution is 2.66. The fraction of sp³-hybridized carbons (Fsp3) is 0.735. The summed E-state index contributed by atoms with van der Waals surface area (Å²) < 4.78 is 66.3. The first-order valence-electron chi connectivity index (χ1n) is 33.0. The van der Waals surface area contributed by atoms with Gasteiger partial charge in [-0.15, -0.1) is 0 Å². The fourth-order valence-electron chi connectivity index (χ4n) is 14.4. The smallest absolute Gasteiger partial charge is 0.214 e. The van der Waals surface area contributed by atoms with E-state index in [0.29, 0.717) is 76.4 Å². The van der Waals surface area contributed by atoms with Crippen LogP contribution in [0.3, 0.4) is 0 Å². The van der Waals surface area contributed by atoms with Crippen molar-refractivity contribution in [1.29, 1.82) is 0 Å². The molecule has 534 valence electrons. The first kappa shape index (κ1) is 77.6. The summed E-state index contributed by atoms with van der Waals surface area (Å²) in [6, 6.07) is 21.6. The lowest BCUT2D eigenvalue weighted by atomic mass is 9.42. The summed E-state index contributed by atoms with van der Waals surface area (Å²) in [7, 11) is 1.60. The molecule has 17 unspecified atom stereocenters. The number of para-hydroxylation sites is 2. The normalized spacial score (nSPS) is 31.1. The summed E-state index contributed by atoms with van der Waals surface area (Å²) in [6.45, 7) is 16.5. The molecule has 26 nitrogen and oxygen atoms in total. The maximum atomic E-state index is 14.1. The zero-order valence-electron chi connectivity index (χ0n) is 56.1. The zero-order chi connectivity index (χ0) is 68.8. The van der Waals surface area contributed by atoms with Gasteiger partial charge >= 0.3 is 0 Å². The van der Waals surface area contributed by atoms with Crippen LogP contribution in [-0.4, -0.2) is 237 Å². The van der Waals surface area contributed by atoms with Gasteiger partial charge in [-0.2, -0.15) is 0 Å². The van der Waals surface area contributed by atoms with E-state index in [0.717, 1.165) is 0 Å². The molecule has 15 N–H and O–H groups in total. The average Bonchev–Trinajstić information content (AvgIpc) is 0.671. The van der Waals surface area contributed by atoms with Gasteiger partial charge in [0.15, 0.2) is 36.7 Å². The first-order valence-corrected chi connectivity index (χ1v) is 33.0. The van der Waals surface area contributed by atoms with E-state index in [9.17, 15) is 61.3 Å². The molecule has 4 fully saturated rings. The van der Waals surface area contributed by atoms with Gasteiger partial charge in [0, 0.05) is 60.6 Å². The Labute approximate surface area is 552 Å². The van der Waals surface area contributed by atoms with Crippen LogP contribution in [0.25, 0.3) is 0 Å². The van der Waals surface area contributed by atoms with Gasteiger partial charge in [-0.25, -0.2) is 0 Å². The van der Waals surface area contributed by atoms with Crippen molar-refractivity contribution in [3.05, 3.63) is 96.1 Å². The van der Waals surface area contributed by atoms with Crippen LogP contribution in [0.1, 0.15) is 124 Å². The number of aliphatic hydroxyl groups is 12. The van der Waals surface area contributed by atoms with Crippen LogP contribution in [0, 0.1) is 28.6 Å². The molecule has 3 aliphatic carbocycles. The van der Waals surface area contributed by atoms with Gasteiger partial charge < -0.3 is 113 Å². The molecule has 23 atom stereocenters. The highest BCUT2D eigenvalue weighted by atomic mass is 16.7. The minimum Gasteiger partial charge on any atom is -0.486 e. The SMILES string of the molecule is COCCOCCOCCC(O)NCCCCC(NC(O)COc1ccccc1OCC(O)O[C@@H](C(O)O[C@H]1CC2(O)[C@@H](OC(O)c3ccccc3)[C@H]3C(C)(C(O)CC4OC[C@]43OC(C)O)C(O)C(O)C(C1C)C2(C)C)[C@@H](NC(O)OC(C)(C)C)c1ccccc1)C(C)O. The van der Waals surface area contributed by atoms with Crippen molar-refractivity contribution < 1.29 is 113 Å². The number of ether oxygens (including phenoxy) is 11. The molecule has 1 aliphatic heterocycles. The average molecular weight is 1340 g/mol. The number of methoxy groups -OCH3 is 1. The summed E-state index contributed by atoms with van der Waals surface area (Å²) in [5.74, 6) is -3.04. The molecule has 1 heterocycles. The summed E-state index contributed by atoms with van der Waals surface area (Å²) in [4.78, 5) is 0. The van der Waals surface area contributed by atoms with Crippen LogP contribution in [0.2, 0.25) is 0 Å². The van der Waals surface area contributed by atoms with Crippen molar-refractivity contribution in [2.24, 2.45) is 28.6 Å². The lowest BCUT2D eigenvalue weighted by molar-refractivity contribution is -0.417. The Morgan fingerprint density at radius 3 is 1.91 bits per heavy atom. The van der Waals surface area contributed by atoms with E-state index in [1.54, 1.807) is 147 Å². The Morgan fingerprint density at radius 1 is 0.713 bits per heavy atom. The van der Waals surface area contributed by atoms with Gasteiger partial charge in [-0.1, -0.05) is 107 Å². The minimum atomic E-state index is -2.25. The maximum Gasteiger partial charge on any atom is 0.214 e. The van der Waals surface area contributed by atoms with Gasteiger partial charge in [0.25, 0.3) is 0 Å². The third-order valence-electron chi connectivity index (χ3n) is 19.3. The number of unbranched alkanes of at least 4 members (excludes halogenated alkanes) is 1. The van der Waals surface area contributed by atoms with Crippen molar-refractivity contribution in [1.82, 2.24) is 16.0 Å². The van der Waals surface area contributed by atoms with E-state index in [2.05, 4.69) is 16.0 Å². The molecule has 4 aliphatic rings. The summed E-state index contributed by atoms with van der Waals surface area (Å²) in [5, 5.41) is 153. The van der Waals surface area contributed by atoms with E-state index in [1.165, 1.54) is 6.92 Å². The van der Waals surface area contributed by atoms with E-state index in [4.69, 9.17) is 52.1 Å². The van der Waals surface area contributed by atoms with Crippen LogP contribution >= 0.6 is 0 Å². The summed E-state index contributed by atoms with van der Waals surface area (Å²) in [6.07, 6.45) is -20.4. The molecule has 0 amide bonds. The van der Waals surface area contributed by atoms with E-state index < -0.39 is 163 Å². The Kier molecular flexibility index (Phi) is 28.8. The van der Waals surface area contributed by atoms with Crippen molar-refractivity contribution in [3.63, 3.8) is 0 Å². The Morgan fingerprint density at radius 2 is 1.32 bits per heavy atom. The van der Waals surface area contributed by atoms with Crippen LogP contribution < -0.4 is 25.4 Å². The van der Waals surface area contributed by atoms with Crippen LogP contribution in [0.15, 0.2) is 84.9 Å². The predicted octanol–water partition coefficient (Wildman–Crippen LogP) is 2.18. The third kappa shape index (κ3) is 19.2. The first-order chi connectivity index (χ1) is 44.5. The highest BCUT2D eigenvalue weighted by molar-refractivity contribution is 5.39. The van der Waals surface area contributed by atoms with E-state index in [-0.39, 0.29) is 31.1 Å². The van der Waals surface area contributed by atoms with E-state index >= 15 is 0 Å². The van der Waals surface area contributed by atoms with Crippen molar-refractivity contribution in [2.45, 2.75) is 223 Å². The van der Waals surface area contributed by atoms with Crippen molar-refractivity contribution in [3.8, 4) is 11.5 Å². The number of fused-ring (bicyclic) bond motifs is 5. The monoisotopic (exact) mass is 1340 g/mol. The van der Waals surface area contributed by atoms with Crippen molar-refractivity contribution in [2.75, 3.05) is 66.5 Å². The number of nitrogens with one attached hydrogen (secondary N) is 3. The van der Waals surface area contributed by atoms with Gasteiger partial charge in [0.05, 0.1) is 99.6 Å². The molecule has 0 spiro atoms. The van der Waals surface area contributed by atoms with Crippen LogP contribution in [-0.2, 0) is 42.6 Å². The van der Waals surface area contributed by atoms with Gasteiger partial charge in [-0.3, -0.25) is 16.0 Å². The standard InChI is InChI=1S/C68H109N3O23/c1-40-48(36-68(83)60(92-61(80)44-23-15-12-16-24-44)58-66(9,59(79)56(78)54(40)65(68,7)8)49(74)35-50-67(58,39-89-50)93-42(3)73)90-62(81)57(55(43-21-13-11-14-22-43)71-63(82)94-64(4,5)6)91-53(77)38-88-47-27-18-17-26-46(47)87-37-52(76)70-45(41(2)72)25-19-20-29-69-51(75)28-30-85-33-34-86-32-31-84-10/h11-18,21-24,26-27,40-42,45,48-63,69-83H,19-20,25,28-39H2,1-10H3/t40?,41?,42?,45?,48-,49?,50?,51?,52?,53?,54?,55-,56?,57+,58-,59?,60-,61?,62?,63?,66?,67-,68?/m0/s1. The Hall–Kier alpha value is -3.70. The summed E-state index contributed by atoms with van der Waals surface area (Å²) in [5.41, 5.74) is -7.26. The number of benzene rings is 3. The molecule has 94 heavy (non-hydrogen) atoms. The molecule has 3 aromatic rings. The molecule has 0 aromatic heterocycles. The largest absolute Gasteiger partial charge is 0.486 e. The number of rotatable bonds is 39. The number of hydrogen-bond acceptors (Lipinski definition) is 26. The van der Waals surface area contributed by atoms with Gasteiger partial charge in [0.1, 0.15) is 37.4 Å². The molecule has 3 aromatic carbocycles. The van der Waals surface area contributed by atoms with Crippen molar-refractivity contribution >= 4 is 0 Å². The van der Waals surface area contributed by atoms with Crippen LogP contribution in [0.5, 0.6) is 11.5 Å². The maximum absolute atomic E-state index is 14.1. The molecule has 7 rings (SSSR count). The van der Waals surface area contributed by atoms with Gasteiger partial charge in [0.2, 0.25) is 6.41 Å². The second-order valence-corrected chi connectivity index (χ2v) is 27.4. The Bertz CT molecular complexity index is 2670. The third-order valence-corrected chi connectivity index (χ3v) is 19.3. The second kappa shape index (κ2) is 34.9. The predicted molar refractivity (Wildman–Crippen MR) is 341 cm³/mol. The highest BCUT2D eigenvalue weighted by Gasteiger charge is 2.78. The molecule has 2 bridgehead atoms. The number of aliphatic hydroxyl groups excluding tert-OH is 11. The quantitative estimate of drug-likeness (QED) is 0.0287. The molecule has 1 saturated heterocycles. The molecule has 26 heteroatoms. The lowest BCUT2D eigenvalue weighted by Gasteiger charge is -2.71. The van der Waals surface area contributed by atoms with Crippen LogP contribution in [0.4, 0.5) is 0 Å². The molecular formula is C68H109N3O23. The van der Waals surface area contributed by atoms with Gasteiger partial charge in [-0.05, 0) is 77.6 Å². The zero-order valence-corrected chi connectivity index (χ0v) is 56.1. The molecular weight excluding hydrogens is 1230 g/mol. The fourth-order valence-corrected chi connectivity index (χ4v) is 14.4. The minimum absolute atomic E-state index is 0.0857. The second-order valence-electron chi connectivity index (χ2n) is 27.4. The Balaban J connectivity index is 1.10. The molecule has 3 saturated carbocycles. The van der Waals surface area contributed by atoms with E-state index in [1.807, 2.05) is 0 Å². The lowest BCUT2D eigenvalue weighted by Crippen LogP contribution is -2.83. The topological polar surface area (TPSA) is 380 Å².